The van der Waals surface area contributed by atoms with Gasteiger partial charge in [-0.3, -0.25) is 9.69 Å². The minimum atomic E-state index is -0.425. The summed E-state index contributed by atoms with van der Waals surface area (Å²) in [6.07, 6.45) is 5.36. The van der Waals surface area contributed by atoms with Crippen LogP contribution >= 0.6 is 0 Å². The molecule has 0 spiro atoms. The van der Waals surface area contributed by atoms with Crippen molar-refractivity contribution in [2.75, 3.05) is 32.1 Å². The third-order valence-corrected chi connectivity index (χ3v) is 5.27. The number of piperidine rings is 1. The summed E-state index contributed by atoms with van der Waals surface area (Å²) in [6, 6.07) is 7.69. The van der Waals surface area contributed by atoms with Crippen LogP contribution < -0.4 is 10.6 Å². The van der Waals surface area contributed by atoms with E-state index < -0.39 is 5.91 Å². The fourth-order valence-corrected chi connectivity index (χ4v) is 4.02. The molecule has 1 amide bonds. The molecule has 29 heavy (non-hydrogen) atoms. The van der Waals surface area contributed by atoms with Gasteiger partial charge in [-0.1, -0.05) is 39.3 Å². The number of primary amides is 1. The molecule has 2 N–H and O–H groups in total. The first-order valence-electron chi connectivity index (χ1n) is 10.3. The van der Waals surface area contributed by atoms with Crippen LogP contribution in [-0.4, -0.2) is 48.0 Å². The summed E-state index contributed by atoms with van der Waals surface area (Å²) in [6.45, 7) is 8.92. The molecule has 1 saturated heterocycles. The number of amides is 1. The first-order valence-corrected chi connectivity index (χ1v) is 10.3. The van der Waals surface area contributed by atoms with Gasteiger partial charge in [0.2, 0.25) is 11.9 Å². The van der Waals surface area contributed by atoms with Gasteiger partial charge in [0.25, 0.3) is 0 Å². The second-order valence-corrected chi connectivity index (χ2v) is 9.35. The summed E-state index contributed by atoms with van der Waals surface area (Å²) in [5, 5.41) is 0. The Morgan fingerprint density at radius 1 is 1.28 bits per heavy atom. The van der Waals surface area contributed by atoms with Crippen molar-refractivity contribution in [1.29, 1.82) is 0 Å². The summed E-state index contributed by atoms with van der Waals surface area (Å²) >= 11 is 0. The third kappa shape index (κ3) is 5.12. The lowest BCUT2D eigenvalue weighted by atomic mass is 9.89. The maximum absolute atomic E-state index is 11.7. The van der Waals surface area contributed by atoms with Crippen LogP contribution in [0.1, 0.15) is 62.1 Å². The van der Waals surface area contributed by atoms with Crippen LogP contribution in [0.25, 0.3) is 11.1 Å². The number of carbonyl (C=O) groups excluding carboxylic acids is 1. The second kappa shape index (κ2) is 8.49. The van der Waals surface area contributed by atoms with E-state index in [4.69, 9.17) is 10.7 Å². The highest BCUT2D eigenvalue weighted by molar-refractivity contribution is 5.94. The molecular weight excluding hydrogens is 362 g/mol. The number of nitrogens with two attached hydrogens (primary N) is 1. The number of anilines is 1. The molecule has 0 radical (unpaired) electrons. The summed E-state index contributed by atoms with van der Waals surface area (Å²) in [4.78, 5) is 25.7. The summed E-state index contributed by atoms with van der Waals surface area (Å²) in [5.74, 6) is 0.280. The Kier molecular flexibility index (Phi) is 6.22. The highest BCUT2D eigenvalue weighted by Crippen LogP contribution is 2.38. The average molecular weight is 396 g/mol. The van der Waals surface area contributed by atoms with Crippen molar-refractivity contribution in [2.45, 2.75) is 46.1 Å². The SMILES string of the molecule is CN(C)c1ncc(-c2cccc(C(N)=O)c2)c(C2CCCCN2CC(C)(C)C)n1. The third-order valence-electron chi connectivity index (χ3n) is 5.27. The van der Waals surface area contributed by atoms with Gasteiger partial charge in [0, 0.05) is 38.0 Å². The maximum atomic E-state index is 11.7. The molecule has 0 aliphatic carbocycles. The number of rotatable bonds is 5. The van der Waals surface area contributed by atoms with Gasteiger partial charge >= 0.3 is 0 Å². The molecular formula is C23H33N5O. The van der Waals surface area contributed by atoms with E-state index >= 15 is 0 Å². The quantitative estimate of drug-likeness (QED) is 0.831. The molecule has 6 nitrogen and oxygen atoms in total. The van der Waals surface area contributed by atoms with E-state index in [2.05, 4.69) is 30.7 Å². The fraction of sp³-hybridized carbons (Fsp3) is 0.522. The Hall–Kier alpha value is -2.47. The molecule has 1 aromatic heterocycles. The summed E-state index contributed by atoms with van der Waals surface area (Å²) in [5.41, 5.74) is 9.17. The Bertz CT molecular complexity index is 872. The van der Waals surface area contributed by atoms with Crippen LogP contribution in [-0.2, 0) is 0 Å². The van der Waals surface area contributed by atoms with Crippen molar-refractivity contribution in [2.24, 2.45) is 11.1 Å². The number of nitrogens with zero attached hydrogens (tertiary/aromatic N) is 4. The first kappa shape index (κ1) is 21.2. The summed E-state index contributed by atoms with van der Waals surface area (Å²) in [7, 11) is 3.92. The molecule has 3 rings (SSSR count). The van der Waals surface area contributed by atoms with Gasteiger partial charge in [-0.05, 0) is 42.5 Å². The standard InChI is InChI=1S/C23H33N5O/c1-23(2,3)15-28-12-7-6-11-19(28)20-18(14-25-22(26-20)27(4)5)16-9-8-10-17(13-16)21(24)29/h8-10,13-14,19H,6-7,11-12,15H2,1-5H3,(H2,24,29). The van der Waals surface area contributed by atoms with Gasteiger partial charge in [0.05, 0.1) is 11.7 Å². The van der Waals surface area contributed by atoms with Gasteiger partial charge in [-0.15, -0.1) is 0 Å². The molecule has 1 unspecified atom stereocenters. The molecule has 1 aromatic carbocycles. The van der Waals surface area contributed by atoms with E-state index in [1.807, 2.05) is 43.4 Å². The molecule has 0 saturated carbocycles. The van der Waals surface area contributed by atoms with Crippen LogP contribution in [0.5, 0.6) is 0 Å². The molecule has 6 heteroatoms. The number of likely N-dealkylation sites (tertiary alicyclic amines) is 1. The lowest BCUT2D eigenvalue weighted by Gasteiger charge is -2.40. The van der Waals surface area contributed by atoms with Crippen molar-refractivity contribution in [3.8, 4) is 11.1 Å². The number of carbonyl (C=O) groups is 1. The van der Waals surface area contributed by atoms with Crippen molar-refractivity contribution >= 4 is 11.9 Å². The van der Waals surface area contributed by atoms with E-state index in [-0.39, 0.29) is 11.5 Å². The zero-order valence-electron chi connectivity index (χ0n) is 18.3. The zero-order chi connectivity index (χ0) is 21.2. The van der Waals surface area contributed by atoms with Gasteiger partial charge in [-0.2, -0.15) is 0 Å². The lowest BCUT2D eigenvalue weighted by molar-refractivity contribution is 0.0999. The van der Waals surface area contributed by atoms with Gasteiger partial charge in [-0.25, -0.2) is 9.97 Å². The van der Waals surface area contributed by atoms with Crippen molar-refractivity contribution in [3.05, 3.63) is 41.7 Å². The molecule has 1 fully saturated rings. The summed E-state index contributed by atoms with van der Waals surface area (Å²) < 4.78 is 0. The Morgan fingerprint density at radius 3 is 2.69 bits per heavy atom. The predicted octanol–water partition coefficient (Wildman–Crippen LogP) is 3.88. The predicted molar refractivity (Wildman–Crippen MR) is 118 cm³/mol. The molecule has 0 bridgehead atoms. The highest BCUT2D eigenvalue weighted by Gasteiger charge is 2.31. The number of hydrogen-bond acceptors (Lipinski definition) is 5. The van der Waals surface area contributed by atoms with E-state index in [0.717, 1.165) is 36.3 Å². The molecule has 1 aliphatic rings. The largest absolute Gasteiger partial charge is 0.366 e. The van der Waals surface area contributed by atoms with E-state index in [1.165, 1.54) is 12.8 Å². The van der Waals surface area contributed by atoms with E-state index in [0.29, 0.717) is 11.5 Å². The van der Waals surface area contributed by atoms with Gasteiger partial charge in [0.1, 0.15) is 0 Å². The lowest BCUT2D eigenvalue weighted by Crippen LogP contribution is -2.39. The van der Waals surface area contributed by atoms with Crippen LogP contribution in [0.3, 0.4) is 0 Å². The molecule has 1 atom stereocenters. The zero-order valence-corrected chi connectivity index (χ0v) is 18.3. The minimum Gasteiger partial charge on any atom is -0.366 e. The Balaban J connectivity index is 2.11. The molecule has 1 aliphatic heterocycles. The second-order valence-electron chi connectivity index (χ2n) is 9.35. The number of benzene rings is 1. The smallest absolute Gasteiger partial charge is 0.248 e. The molecule has 2 heterocycles. The normalized spacial score (nSPS) is 17.9. The average Bonchev–Trinajstić information content (AvgIpc) is 2.67. The first-order chi connectivity index (χ1) is 13.7. The van der Waals surface area contributed by atoms with Crippen LogP contribution in [0, 0.1) is 5.41 Å². The topological polar surface area (TPSA) is 75.4 Å². The van der Waals surface area contributed by atoms with E-state index in [1.54, 1.807) is 6.07 Å². The van der Waals surface area contributed by atoms with Gasteiger partial charge < -0.3 is 10.6 Å². The Labute approximate surface area is 174 Å². The van der Waals surface area contributed by atoms with Crippen molar-refractivity contribution in [1.82, 2.24) is 14.9 Å². The van der Waals surface area contributed by atoms with Crippen LogP contribution in [0.15, 0.2) is 30.5 Å². The minimum absolute atomic E-state index is 0.207. The van der Waals surface area contributed by atoms with Gasteiger partial charge in [0.15, 0.2) is 0 Å². The monoisotopic (exact) mass is 395 g/mol. The van der Waals surface area contributed by atoms with E-state index in [9.17, 15) is 4.79 Å². The van der Waals surface area contributed by atoms with Crippen LogP contribution in [0.2, 0.25) is 0 Å². The van der Waals surface area contributed by atoms with Crippen molar-refractivity contribution in [3.63, 3.8) is 0 Å². The number of hydrogen-bond donors (Lipinski definition) is 1. The molecule has 2 aromatic rings. The number of aromatic nitrogens is 2. The maximum Gasteiger partial charge on any atom is 0.248 e. The van der Waals surface area contributed by atoms with Crippen molar-refractivity contribution < 1.29 is 4.79 Å². The fourth-order valence-electron chi connectivity index (χ4n) is 4.02. The highest BCUT2D eigenvalue weighted by atomic mass is 16.1. The molecule has 156 valence electrons. The Morgan fingerprint density at radius 2 is 2.03 bits per heavy atom. The van der Waals surface area contributed by atoms with Crippen LogP contribution in [0.4, 0.5) is 5.95 Å².